The summed E-state index contributed by atoms with van der Waals surface area (Å²) in [6.45, 7) is 1.59. The lowest BCUT2D eigenvalue weighted by molar-refractivity contribution is 0.101. The number of hydrogen-bond acceptors (Lipinski definition) is 3. The van der Waals surface area contributed by atoms with Crippen LogP contribution in [0.1, 0.15) is 22.8 Å². The zero-order valence-corrected chi connectivity index (χ0v) is 10.5. The minimum absolute atomic E-state index is 0.0475. The van der Waals surface area contributed by atoms with Crippen molar-refractivity contribution in [3.05, 3.63) is 59.4 Å². The fourth-order valence-corrected chi connectivity index (χ4v) is 1.73. The van der Waals surface area contributed by atoms with Crippen molar-refractivity contribution in [2.24, 2.45) is 0 Å². The van der Waals surface area contributed by atoms with Crippen molar-refractivity contribution in [1.29, 1.82) is 0 Å². The quantitative estimate of drug-likeness (QED) is 0.677. The van der Waals surface area contributed by atoms with Crippen LogP contribution in [0.3, 0.4) is 0 Å². The number of benzene rings is 2. The summed E-state index contributed by atoms with van der Waals surface area (Å²) in [4.78, 5) is 11.2. The van der Waals surface area contributed by atoms with Crippen LogP contribution in [0, 0.1) is 5.82 Å². The summed E-state index contributed by atoms with van der Waals surface area (Å²) >= 11 is 0. The second kappa shape index (κ2) is 5.52. The summed E-state index contributed by atoms with van der Waals surface area (Å²) in [5, 5.41) is 0. The summed E-state index contributed by atoms with van der Waals surface area (Å²) in [5.41, 5.74) is 6.51. The maximum absolute atomic E-state index is 13.9. The molecule has 2 aromatic carbocycles. The minimum Gasteiger partial charge on any atom is -0.486 e. The maximum Gasteiger partial charge on any atom is 0.188 e. The van der Waals surface area contributed by atoms with Gasteiger partial charge in [-0.15, -0.1) is 0 Å². The fraction of sp³-hybridized carbons (Fsp3) is 0.133. The van der Waals surface area contributed by atoms with Crippen LogP contribution < -0.4 is 10.5 Å². The van der Waals surface area contributed by atoms with Gasteiger partial charge in [-0.1, -0.05) is 30.3 Å². The van der Waals surface area contributed by atoms with E-state index in [4.69, 9.17) is 10.5 Å². The Labute approximate surface area is 110 Å². The second-order valence-electron chi connectivity index (χ2n) is 4.17. The molecule has 98 valence electrons. The molecular formula is C15H14FNO2. The standard InChI is InChI=1S/C15H14FNO2/c1-10(18)12-7-8-13(14(16)15(12)17)19-9-11-5-3-2-4-6-11/h2-8H,9,17H2,1H3. The average molecular weight is 259 g/mol. The number of ketones is 1. The second-order valence-corrected chi connectivity index (χ2v) is 4.17. The molecule has 0 radical (unpaired) electrons. The zero-order valence-electron chi connectivity index (χ0n) is 10.5. The molecule has 0 spiro atoms. The SMILES string of the molecule is CC(=O)c1ccc(OCc2ccccc2)c(F)c1N. The third kappa shape index (κ3) is 2.91. The molecule has 0 atom stereocenters. The molecule has 4 heteroatoms. The number of nitrogens with two attached hydrogens (primary N) is 1. The van der Waals surface area contributed by atoms with Gasteiger partial charge >= 0.3 is 0 Å². The molecule has 0 saturated heterocycles. The van der Waals surface area contributed by atoms with Crippen LogP contribution in [-0.2, 0) is 6.61 Å². The highest BCUT2D eigenvalue weighted by Gasteiger charge is 2.14. The van der Waals surface area contributed by atoms with Gasteiger partial charge in [-0.05, 0) is 24.6 Å². The van der Waals surface area contributed by atoms with Crippen LogP contribution in [0.2, 0.25) is 0 Å². The van der Waals surface area contributed by atoms with E-state index in [1.54, 1.807) is 0 Å². The molecule has 19 heavy (non-hydrogen) atoms. The maximum atomic E-state index is 13.9. The summed E-state index contributed by atoms with van der Waals surface area (Å²) < 4.78 is 19.3. The molecule has 0 aliphatic carbocycles. The number of rotatable bonds is 4. The van der Waals surface area contributed by atoms with Gasteiger partial charge in [-0.3, -0.25) is 4.79 Å². The molecule has 0 saturated carbocycles. The molecule has 3 nitrogen and oxygen atoms in total. The van der Waals surface area contributed by atoms with Crippen molar-refractivity contribution in [1.82, 2.24) is 0 Å². The molecular weight excluding hydrogens is 245 g/mol. The summed E-state index contributed by atoms with van der Waals surface area (Å²) in [6, 6.07) is 12.3. The van der Waals surface area contributed by atoms with Crippen molar-refractivity contribution in [3.63, 3.8) is 0 Å². The van der Waals surface area contributed by atoms with Crippen molar-refractivity contribution in [3.8, 4) is 5.75 Å². The summed E-state index contributed by atoms with van der Waals surface area (Å²) in [5.74, 6) is -0.916. The first-order valence-corrected chi connectivity index (χ1v) is 5.85. The molecule has 2 aromatic rings. The van der Waals surface area contributed by atoms with Gasteiger partial charge in [-0.25, -0.2) is 4.39 Å². The number of halogens is 1. The van der Waals surface area contributed by atoms with Crippen molar-refractivity contribution in [2.75, 3.05) is 5.73 Å². The Morgan fingerprint density at radius 2 is 1.89 bits per heavy atom. The van der Waals surface area contributed by atoms with Crippen molar-refractivity contribution in [2.45, 2.75) is 13.5 Å². The molecule has 0 heterocycles. The lowest BCUT2D eigenvalue weighted by Crippen LogP contribution is -2.05. The summed E-state index contributed by atoms with van der Waals surface area (Å²) in [6.07, 6.45) is 0. The molecule has 0 unspecified atom stereocenters. The van der Waals surface area contributed by atoms with Gasteiger partial charge in [0, 0.05) is 5.56 Å². The molecule has 0 aromatic heterocycles. The highest BCUT2D eigenvalue weighted by Crippen LogP contribution is 2.27. The monoisotopic (exact) mass is 259 g/mol. The number of carbonyl (C=O) groups excluding carboxylic acids is 1. The first kappa shape index (κ1) is 13.1. The van der Waals surface area contributed by atoms with Crippen LogP contribution >= 0.6 is 0 Å². The Balaban J connectivity index is 2.18. The topological polar surface area (TPSA) is 52.3 Å². The van der Waals surface area contributed by atoms with E-state index in [0.29, 0.717) is 0 Å². The van der Waals surface area contributed by atoms with E-state index in [9.17, 15) is 9.18 Å². The smallest absolute Gasteiger partial charge is 0.188 e. The first-order chi connectivity index (χ1) is 9.09. The molecule has 0 aliphatic rings. The molecule has 0 aliphatic heterocycles. The van der Waals surface area contributed by atoms with Crippen LogP contribution in [0.15, 0.2) is 42.5 Å². The highest BCUT2D eigenvalue weighted by atomic mass is 19.1. The first-order valence-electron chi connectivity index (χ1n) is 5.85. The Bertz CT molecular complexity index is 597. The van der Waals surface area contributed by atoms with Crippen molar-refractivity contribution < 1.29 is 13.9 Å². The van der Waals surface area contributed by atoms with Gasteiger partial charge in [0.15, 0.2) is 17.3 Å². The van der Waals surface area contributed by atoms with E-state index < -0.39 is 5.82 Å². The van der Waals surface area contributed by atoms with E-state index in [-0.39, 0.29) is 29.4 Å². The minimum atomic E-state index is -0.691. The number of carbonyl (C=O) groups is 1. The van der Waals surface area contributed by atoms with Crippen LogP contribution in [0.25, 0.3) is 0 Å². The molecule has 2 N–H and O–H groups in total. The Hall–Kier alpha value is -2.36. The van der Waals surface area contributed by atoms with Gasteiger partial charge in [0.25, 0.3) is 0 Å². The lowest BCUT2D eigenvalue weighted by atomic mass is 10.1. The van der Waals surface area contributed by atoms with Crippen molar-refractivity contribution >= 4 is 11.5 Å². The third-order valence-corrected chi connectivity index (χ3v) is 2.76. The lowest BCUT2D eigenvalue weighted by Gasteiger charge is -2.10. The van der Waals surface area contributed by atoms with Gasteiger partial charge in [0.1, 0.15) is 6.61 Å². The predicted molar refractivity (Wildman–Crippen MR) is 71.6 cm³/mol. The van der Waals surface area contributed by atoms with Gasteiger partial charge in [0.2, 0.25) is 0 Å². The number of Topliss-reactive ketones (excluding diaryl/α,β-unsaturated/α-hetero) is 1. The Morgan fingerprint density at radius 1 is 1.21 bits per heavy atom. The highest BCUT2D eigenvalue weighted by molar-refractivity contribution is 5.99. The summed E-state index contributed by atoms with van der Waals surface area (Å²) in [7, 11) is 0. The zero-order chi connectivity index (χ0) is 13.8. The van der Waals surface area contributed by atoms with Gasteiger partial charge in [-0.2, -0.15) is 0 Å². The third-order valence-electron chi connectivity index (χ3n) is 2.76. The number of ether oxygens (including phenoxy) is 1. The van der Waals surface area contributed by atoms with E-state index in [1.807, 2.05) is 30.3 Å². The van der Waals surface area contributed by atoms with E-state index in [0.717, 1.165) is 5.56 Å². The van der Waals surface area contributed by atoms with E-state index in [1.165, 1.54) is 19.1 Å². The molecule has 0 amide bonds. The van der Waals surface area contributed by atoms with E-state index in [2.05, 4.69) is 0 Å². The van der Waals surface area contributed by atoms with Crippen LogP contribution in [0.4, 0.5) is 10.1 Å². The van der Waals surface area contributed by atoms with Crippen LogP contribution in [0.5, 0.6) is 5.75 Å². The predicted octanol–water partition coefficient (Wildman–Crippen LogP) is 3.19. The number of anilines is 1. The largest absolute Gasteiger partial charge is 0.486 e. The van der Waals surface area contributed by atoms with Gasteiger partial charge < -0.3 is 10.5 Å². The molecule has 2 rings (SSSR count). The average Bonchev–Trinajstić information content (AvgIpc) is 2.41. The Kier molecular flexibility index (Phi) is 3.80. The molecule has 0 fully saturated rings. The number of hydrogen-bond donors (Lipinski definition) is 1. The van der Waals surface area contributed by atoms with Crippen LogP contribution in [-0.4, -0.2) is 5.78 Å². The number of nitrogen functional groups attached to an aromatic ring is 1. The van der Waals surface area contributed by atoms with Gasteiger partial charge in [0.05, 0.1) is 5.69 Å². The van der Waals surface area contributed by atoms with E-state index >= 15 is 0 Å². The fourth-order valence-electron chi connectivity index (χ4n) is 1.73. The normalized spacial score (nSPS) is 10.2. The molecule has 0 bridgehead atoms. The Morgan fingerprint density at radius 3 is 2.53 bits per heavy atom.